The molecule has 1 fully saturated rings. The second-order valence-corrected chi connectivity index (χ2v) is 2.68. The van der Waals surface area contributed by atoms with Crippen molar-refractivity contribution < 1.29 is 24.2 Å². The summed E-state index contributed by atoms with van der Waals surface area (Å²) >= 11 is 0. The van der Waals surface area contributed by atoms with E-state index in [2.05, 4.69) is 4.74 Å². The quantitative estimate of drug-likeness (QED) is 0.540. The number of ether oxygens (including phenoxy) is 2. The molecule has 0 aromatic rings. The lowest BCUT2D eigenvalue weighted by atomic mass is 10.4. The molecule has 0 atom stereocenters. The summed E-state index contributed by atoms with van der Waals surface area (Å²) in [5, 5.41) is 7.42. The lowest BCUT2D eigenvalue weighted by Crippen LogP contribution is -2.19. The zero-order valence-corrected chi connectivity index (χ0v) is 7.29. The van der Waals surface area contributed by atoms with Crippen molar-refractivity contribution in [3.8, 4) is 0 Å². The molecule has 0 spiro atoms. The van der Waals surface area contributed by atoms with Crippen LogP contribution in [0.4, 0.5) is 0 Å². The summed E-state index contributed by atoms with van der Waals surface area (Å²) in [7, 11) is 0. The van der Waals surface area contributed by atoms with Gasteiger partial charge in [0.25, 0.3) is 5.97 Å². The van der Waals surface area contributed by atoms with E-state index in [-0.39, 0.29) is 12.6 Å². The SMILES string of the molecule is CC(=O)O.CC1(C)OCC(=O)O1. The van der Waals surface area contributed by atoms with Crippen LogP contribution in [0.25, 0.3) is 0 Å². The largest absolute Gasteiger partial charge is 0.481 e. The first-order chi connectivity index (χ1) is 5.33. The zero-order valence-electron chi connectivity index (χ0n) is 7.29. The molecule has 0 radical (unpaired) electrons. The first-order valence-electron chi connectivity index (χ1n) is 3.39. The molecular formula is C7H12O5. The predicted octanol–water partition coefficient (Wildman–Crippen LogP) is 0.387. The number of carbonyl (C=O) groups excluding carboxylic acids is 1. The number of hydrogen-bond acceptors (Lipinski definition) is 4. The van der Waals surface area contributed by atoms with Crippen LogP contribution in [0.3, 0.4) is 0 Å². The molecule has 70 valence electrons. The summed E-state index contributed by atoms with van der Waals surface area (Å²) < 4.78 is 9.57. The second kappa shape index (κ2) is 4.06. The highest BCUT2D eigenvalue weighted by Gasteiger charge is 2.31. The number of cyclic esters (lactones) is 1. The molecule has 5 nitrogen and oxygen atoms in total. The van der Waals surface area contributed by atoms with Gasteiger partial charge in [0.05, 0.1) is 0 Å². The Morgan fingerprint density at radius 1 is 1.58 bits per heavy atom. The van der Waals surface area contributed by atoms with Gasteiger partial charge in [-0.15, -0.1) is 0 Å². The molecule has 12 heavy (non-hydrogen) atoms. The van der Waals surface area contributed by atoms with Gasteiger partial charge in [0.15, 0.2) is 0 Å². The Kier molecular flexibility index (Phi) is 3.69. The van der Waals surface area contributed by atoms with Crippen LogP contribution in [0.2, 0.25) is 0 Å². The zero-order chi connectivity index (χ0) is 9.78. The normalized spacial score (nSPS) is 19.1. The smallest absolute Gasteiger partial charge is 0.334 e. The average molecular weight is 176 g/mol. The van der Waals surface area contributed by atoms with E-state index in [0.29, 0.717) is 0 Å². The highest BCUT2D eigenvalue weighted by molar-refractivity contribution is 5.72. The van der Waals surface area contributed by atoms with Crippen LogP contribution in [0.15, 0.2) is 0 Å². The molecule has 0 amide bonds. The summed E-state index contributed by atoms with van der Waals surface area (Å²) in [6.45, 7) is 4.59. The summed E-state index contributed by atoms with van der Waals surface area (Å²) in [5.74, 6) is -1.80. The van der Waals surface area contributed by atoms with Crippen LogP contribution in [0.1, 0.15) is 20.8 Å². The third-order valence-corrected chi connectivity index (χ3v) is 0.897. The summed E-state index contributed by atoms with van der Waals surface area (Å²) in [6.07, 6.45) is 0. The van der Waals surface area contributed by atoms with Crippen molar-refractivity contribution in [2.45, 2.75) is 26.6 Å². The maximum atomic E-state index is 10.3. The Morgan fingerprint density at radius 3 is 2.08 bits per heavy atom. The van der Waals surface area contributed by atoms with E-state index in [0.717, 1.165) is 6.92 Å². The van der Waals surface area contributed by atoms with Gasteiger partial charge in [-0.3, -0.25) is 4.79 Å². The first kappa shape index (κ1) is 10.9. The van der Waals surface area contributed by atoms with Crippen LogP contribution in [0.5, 0.6) is 0 Å². The second-order valence-electron chi connectivity index (χ2n) is 2.68. The molecule has 1 aliphatic rings. The molecule has 1 saturated heterocycles. The lowest BCUT2D eigenvalue weighted by molar-refractivity contribution is -0.159. The predicted molar refractivity (Wildman–Crippen MR) is 39.4 cm³/mol. The molecular weight excluding hydrogens is 164 g/mol. The van der Waals surface area contributed by atoms with Crippen LogP contribution < -0.4 is 0 Å². The fourth-order valence-corrected chi connectivity index (χ4v) is 0.566. The Hall–Kier alpha value is -1.10. The molecule has 0 aromatic heterocycles. The third-order valence-electron chi connectivity index (χ3n) is 0.897. The van der Waals surface area contributed by atoms with Crippen molar-refractivity contribution in [1.29, 1.82) is 0 Å². The average Bonchev–Trinajstić information content (AvgIpc) is 2.07. The molecule has 5 heteroatoms. The van der Waals surface area contributed by atoms with E-state index in [4.69, 9.17) is 14.6 Å². The molecule has 0 saturated carbocycles. The number of carboxylic acid groups (broad SMARTS) is 1. The molecule has 0 aliphatic carbocycles. The molecule has 0 aromatic carbocycles. The minimum Gasteiger partial charge on any atom is -0.481 e. The molecule has 0 bridgehead atoms. The fourth-order valence-electron chi connectivity index (χ4n) is 0.566. The molecule has 1 N–H and O–H groups in total. The highest BCUT2D eigenvalue weighted by atomic mass is 16.8. The van der Waals surface area contributed by atoms with Crippen LogP contribution in [0, 0.1) is 0 Å². The lowest BCUT2D eigenvalue weighted by Gasteiger charge is -2.13. The monoisotopic (exact) mass is 176 g/mol. The Labute approximate surface area is 70.3 Å². The van der Waals surface area contributed by atoms with E-state index in [1.807, 2.05) is 0 Å². The van der Waals surface area contributed by atoms with Gasteiger partial charge in [-0.1, -0.05) is 0 Å². The standard InChI is InChI=1S/C5H8O3.C2H4O2/c1-5(2)7-3-4(6)8-5;1-2(3)4/h3H2,1-2H3;1H3,(H,3,4). The summed E-state index contributed by atoms with van der Waals surface area (Å²) in [4.78, 5) is 19.3. The molecule has 1 heterocycles. The van der Waals surface area contributed by atoms with Crippen LogP contribution in [-0.2, 0) is 19.1 Å². The van der Waals surface area contributed by atoms with Crippen molar-refractivity contribution in [3.63, 3.8) is 0 Å². The minimum absolute atomic E-state index is 0.0903. The van der Waals surface area contributed by atoms with Gasteiger partial charge in [0, 0.05) is 20.8 Å². The highest BCUT2D eigenvalue weighted by Crippen LogP contribution is 2.16. The van der Waals surface area contributed by atoms with Gasteiger partial charge in [0.1, 0.15) is 6.61 Å². The number of aliphatic carboxylic acids is 1. The number of carboxylic acids is 1. The van der Waals surface area contributed by atoms with E-state index in [1.165, 1.54) is 0 Å². The van der Waals surface area contributed by atoms with Gasteiger partial charge in [-0.05, 0) is 0 Å². The number of esters is 1. The van der Waals surface area contributed by atoms with Crippen molar-refractivity contribution in [2.75, 3.05) is 6.61 Å². The Bertz CT molecular complexity index is 180. The number of rotatable bonds is 0. The van der Waals surface area contributed by atoms with Crippen molar-refractivity contribution in [2.24, 2.45) is 0 Å². The third kappa shape index (κ3) is 5.67. The van der Waals surface area contributed by atoms with Gasteiger partial charge in [-0.25, -0.2) is 4.79 Å². The summed E-state index contributed by atoms with van der Waals surface area (Å²) in [5.41, 5.74) is 0. The maximum absolute atomic E-state index is 10.3. The molecule has 1 aliphatic heterocycles. The van der Waals surface area contributed by atoms with Crippen molar-refractivity contribution >= 4 is 11.9 Å². The van der Waals surface area contributed by atoms with Crippen LogP contribution in [-0.4, -0.2) is 29.4 Å². The van der Waals surface area contributed by atoms with E-state index in [9.17, 15) is 4.79 Å². The van der Waals surface area contributed by atoms with Gasteiger partial charge in [-0.2, -0.15) is 0 Å². The minimum atomic E-state index is -0.833. The number of carbonyl (C=O) groups is 2. The number of hydrogen-bond donors (Lipinski definition) is 1. The topological polar surface area (TPSA) is 72.8 Å². The molecule has 0 unspecified atom stereocenters. The van der Waals surface area contributed by atoms with Gasteiger partial charge >= 0.3 is 5.97 Å². The Morgan fingerprint density at radius 2 is 2.00 bits per heavy atom. The van der Waals surface area contributed by atoms with Crippen molar-refractivity contribution in [1.82, 2.24) is 0 Å². The molecule has 1 rings (SSSR count). The van der Waals surface area contributed by atoms with Gasteiger partial charge in [0.2, 0.25) is 5.79 Å². The Balaban J connectivity index is 0.000000261. The van der Waals surface area contributed by atoms with Crippen LogP contribution >= 0.6 is 0 Å². The first-order valence-corrected chi connectivity index (χ1v) is 3.39. The fraction of sp³-hybridized carbons (Fsp3) is 0.714. The van der Waals surface area contributed by atoms with E-state index in [1.54, 1.807) is 13.8 Å². The maximum Gasteiger partial charge on any atom is 0.334 e. The van der Waals surface area contributed by atoms with E-state index >= 15 is 0 Å². The summed E-state index contributed by atoms with van der Waals surface area (Å²) in [6, 6.07) is 0. The van der Waals surface area contributed by atoms with E-state index < -0.39 is 11.8 Å². The van der Waals surface area contributed by atoms with Crippen molar-refractivity contribution in [3.05, 3.63) is 0 Å². The van der Waals surface area contributed by atoms with Gasteiger partial charge < -0.3 is 14.6 Å².